The van der Waals surface area contributed by atoms with Gasteiger partial charge < -0.3 is 18.9 Å². The number of esters is 4. The largest absolute Gasteiger partial charge is 0.463 e. The van der Waals surface area contributed by atoms with Gasteiger partial charge in [-0.15, -0.1) is 0 Å². The summed E-state index contributed by atoms with van der Waals surface area (Å²) in [7, 11) is 0. The zero-order chi connectivity index (χ0) is 22.3. The standard InChI is InChI=1S/C11H16O4.C10H14O4/c1-3-10(12)14-8-6-5-7-9-15-11(13)4-2;1-3-9(11)13-7-5-6-8-14-10(12)4-2/h3-4H,1-2,5-9H2;3-4H,1-2,5-8H2. The zero-order valence-corrected chi connectivity index (χ0v) is 16.8. The van der Waals surface area contributed by atoms with Crippen LogP contribution in [0.1, 0.15) is 32.1 Å². The van der Waals surface area contributed by atoms with Gasteiger partial charge in [0.25, 0.3) is 0 Å². The third-order valence-corrected chi connectivity index (χ3v) is 2.97. The van der Waals surface area contributed by atoms with Crippen LogP contribution in [0.4, 0.5) is 0 Å². The maximum atomic E-state index is 10.6. The van der Waals surface area contributed by atoms with Crippen molar-refractivity contribution in [3.8, 4) is 0 Å². The SMILES string of the molecule is C=CC(=O)OCCCCCOC(=O)C=C.C=CC(=O)OCCCCOC(=O)C=C. The van der Waals surface area contributed by atoms with E-state index in [-0.39, 0.29) is 0 Å². The molecule has 0 rings (SSSR count). The highest BCUT2D eigenvalue weighted by atomic mass is 16.5. The summed E-state index contributed by atoms with van der Waals surface area (Å²) in [6.07, 6.45) is 8.15. The van der Waals surface area contributed by atoms with Crippen LogP contribution in [0.5, 0.6) is 0 Å². The van der Waals surface area contributed by atoms with Crippen molar-refractivity contribution in [2.75, 3.05) is 26.4 Å². The van der Waals surface area contributed by atoms with Crippen LogP contribution < -0.4 is 0 Å². The first kappa shape index (κ1) is 28.1. The number of rotatable bonds is 15. The van der Waals surface area contributed by atoms with Crippen molar-refractivity contribution in [1.82, 2.24) is 0 Å². The minimum atomic E-state index is -0.437. The molecule has 0 aromatic heterocycles. The average Bonchev–Trinajstić information content (AvgIpc) is 2.74. The van der Waals surface area contributed by atoms with Crippen LogP contribution in [0.25, 0.3) is 0 Å². The molecule has 0 aliphatic heterocycles. The van der Waals surface area contributed by atoms with E-state index in [1.807, 2.05) is 0 Å². The predicted octanol–water partition coefficient (Wildman–Crippen LogP) is 2.84. The second-order valence-corrected chi connectivity index (χ2v) is 5.25. The van der Waals surface area contributed by atoms with E-state index in [1.165, 1.54) is 0 Å². The Kier molecular flexibility index (Phi) is 20.5. The van der Waals surface area contributed by atoms with Gasteiger partial charge in [0.1, 0.15) is 0 Å². The van der Waals surface area contributed by atoms with Gasteiger partial charge in [-0.1, -0.05) is 26.3 Å². The van der Waals surface area contributed by atoms with Gasteiger partial charge in [0.05, 0.1) is 26.4 Å². The molecule has 29 heavy (non-hydrogen) atoms. The Balaban J connectivity index is 0. The lowest BCUT2D eigenvalue weighted by Gasteiger charge is -2.02. The molecule has 0 fully saturated rings. The van der Waals surface area contributed by atoms with Gasteiger partial charge in [0.15, 0.2) is 0 Å². The number of ether oxygens (including phenoxy) is 4. The van der Waals surface area contributed by atoms with Crippen molar-refractivity contribution >= 4 is 23.9 Å². The maximum Gasteiger partial charge on any atom is 0.330 e. The number of hydrogen-bond donors (Lipinski definition) is 0. The molecule has 0 aliphatic rings. The van der Waals surface area contributed by atoms with Crippen molar-refractivity contribution in [2.45, 2.75) is 32.1 Å². The van der Waals surface area contributed by atoms with Crippen molar-refractivity contribution in [3.63, 3.8) is 0 Å². The first-order valence-electron chi connectivity index (χ1n) is 9.08. The molecule has 0 aromatic carbocycles. The van der Waals surface area contributed by atoms with Gasteiger partial charge in [-0.2, -0.15) is 0 Å². The summed E-state index contributed by atoms with van der Waals surface area (Å²) in [5, 5.41) is 0. The van der Waals surface area contributed by atoms with Crippen LogP contribution >= 0.6 is 0 Å². The molecule has 0 saturated carbocycles. The quantitative estimate of drug-likeness (QED) is 0.176. The van der Waals surface area contributed by atoms with Crippen LogP contribution in [0.15, 0.2) is 50.6 Å². The van der Waals surface area contributed by atoms with Crippen LogP contribution in [0, 0.1) is 0 Å². The highest BCUT2D eigenvalue weighted by Crippen LogP contribution is 1.97. The highest BCUT2D eigenvalue weighted by molar-refractivity contribution is 5.82. The van der Waals surface area contributed by atoms with Crippen molar-refractivity contribution < 1.29 is 38.1 Å². The number of carbonyl (C=O) groups excluding carboxylic acids is 4. The normalized spacial score (nSPS) is 8.97. The summed E-state index contributed by atoms with van der Waals surface area (Å²) in [6, 6.07) is 0. The number of unbranched alkanes of at least 4 members (excludes halogenated alkanes) is 3. The molecule has 0 unspecified atom stereocenters. The molecule has 8 nitrogen and oxygen atoms in total. The summed E-state index contributed by atoms with van der Waals surface area (Å²) in [5.74, 6) is -1.69. The van der Waals surface area contributed by atoms with Gasteiger partial charge in [-0.05, 0) is 32.1 Å². The number of hydrogen-bond acceptors (Lipinski definition) is 8. The number of carbonyl (C=O) groups is 4. The summed E-state index contributed by atoms with van der Waals surface area (Å²) >= 11 is 0. The Morgan fingerprint density at radius 1 is 0.448 bits per heavy atom. The Bertz CT molecular complexity index is 503. The lowest BCUT2D eigenvalue weighted by Crippen LogP contribution is -2.05. The van der Waals surface area contributed by atoms with Crippen molar-refractivity contribution in [3.05, 3.63) is 50.6 Å². The van der Waals surface area contributed by atoms with Crippen molar-refractivity contribution in [2.24, 2.45) is 0 Å². The molecule has 162 valence electrons. The molecule has 0 bridgehead atoms. The van der Waals surface area contributed by atoms with E-state index >= 15 is 0 Å². The topological polar surface area (TPSA) is 105 Å². The fraction of sp³-hybridized carbons (Fsp3) is 0.429. The van der Waals surface area contributed by atoms with Crippen LogP contribution in [-0.2, 0) is 38.1 Å². The van der Waals surface area contributed by atoms with E-state index < -0.39 is 23.9 Å². The molecule has 0 heterocycles. The smallest absolute Gasteiger partial charge is 0.330 e. The molecular weight excluding hydrogens is 380 g/mol. The van der Waals surface area contributed by atoms with Crippen LogP contribution in [-0.4, -0.2) is 50.3 Å². The molecule has 0 aromatic rings. The summed E-state index contributed by atoms with van der Waals surface area (Å²) < 4.78 is 18.9. The Morgan fingerprint density at radius 3 is 0.862 bits per heavy atom. The van der Waals surface area contributed by atoms with E-state index in [2.05, 4.69) is 26.3 Å². The van der Waals surface area contributed by atoms with E-state index in [1.54, 1.807) is 0 Å². The fourth-order valence-corrected chi connectivity index (χ4v) is 1.51. The lowest BCUT2D eigenvalue weighted by atomic mass is 10.2. The van der Waals surface area contributed by atoms with Gasteiger partial charge in [-0.25, -0.2) is 19.2 Å². The summed E-state index contributed by atoms with van der Waals surface area (Å²) in [4.78, 5) is 42.3. The van der Waals surface area contributed by atoms with Gasteiger partial charge in [0.2, 0.25) is 0 Å². The second-order valence-electron chi connectivity index (χ2n) is 5.25. The third-order valence-electron chi connectivity index (χ3n) is 2.97. The minimum absolute atomic E-state index is 0.316. The molecule has 0 atom stereocenters. The first-order valence-corrected chi connectivity index (χ1v) is 9.08. The van der Waals surface area contributed by atoms with Gasteiger partial charge in [0, 0.05) is 24.3 Å². The van der Waals surface area contributed by atoms with Crippen molar-refractivity contribution in [1.29, 1.82) is 0 Å². The first-order chi connectivity index (χ1) is 13.9. The lowest BCUT2D eigenvalue weighted by molar-refractivity contribution is -0.140. The Labute approximate surface area is 171 Å². The molecule has 8 heteroatoms. The Morgan fingerprint density at radius 2 is 0.655 bits per heavy atom. The summed E-state index contributed by atoms with van der Waals surface area (Å²) in [5.41, 5.74) is 0. The third kappa shape index (κ3) is 22.8. The maximum absolute atomic E-state index is 10.6. The average molecular weight is 410 g/mol. The van der Waals surface area contributed by atoms with E-state index in [0.29, 0.717) is 39.3 Å². The molecular formula is C21H30O8. The molecule has 0 aliphatic carbocycles. The molecule has 0 N–H and O–H groups in total. The minimum Gasteiger partial charge on any atom is -0.463 e. The monoisotopic (exact) mass is 410 g/mol. The fourth-order valence-electron chi connectivity index (χ4n) is 1.51. The zero-order valence-electron chi connectivity index (χ0n) is 16.8. The van der Waals surface area contributed by atoms with Gasteiger partial charge >= 0.3 is 23.9 Å². The van der Waals surface area contributed by atoms with E-state index in [9.17, 15) is 19.2 Å². The second kappa shape index (κ2) is 21.1. The molecule has 0 saturated heterocycles. The molecule has 0 amide bonds. The van der Waals surface area contributed by atoms with Gasteiger partial charge in [-0.3, -0.25) is 0 Å². The Hall–Kier alpha value is -3.16. The van der Waals surface area contributed by atoms with E-state index in [4.69, 9.17) is 18.9 Å². The van der Waals surface area contributed by atoms with Crippen LogP contribution in [0.2, 0.25) is 0 Å². The highest BCUT2D eigenvalue weighted by Gasteiger charge is 1.98. The van der Waals surface area contributed by atoms with Crippen LogP contribution in [0.3, 0.4) is 0 Å². The predicted molar refractivity (Wildman–Crippen MR) is 108 cm³/mol. The summed E-state index contributed by atoms with van der Waals surface area (Å²) in [6.45, 7) is 14.4. The molecule has 0 radical (unpaired) electrons. The molecule has 0 spiro atoms. The van der Waals surface area contributed by atoms with E-state index in [0.717, 1.165) is 43.6 Å².